The van der Waals surface area contributed by atoms with E-state index >= 15 is 0 Å². The van der Waals surface area contributed by atoms with Gasteiger partial charge in [0.1, 0.15) is 6.07 Å². The number of hydrogen-bond donors (Lipinski definition) is 1. The van der Waals surface area contributed by atoms with Crippen molar-refractivity contribution in [3.63, 3.8) is 0 Å². The second kappa shape index (κ2) is 4.94. The SMILES string of the molecule is CCc1ccc(C#N)c(C(=O)O)c1CBr. The van der Waals surface area contributed by atoms with E-state index in [-0.39, 0.29) is 11.1 Å². The summed E-state index contributed by atoms with van der Waals surface area (Å²) < 4.78 is 0. The molecule has 1 aromatic carbocycles. The van der Waals surface area contributed by atoms with Gasteiger partial charge in [-0.25, -0.2) is 4.79 Å². The number of benzene rings is 1. The third-order valence-electron chi connectivity index (χ3n) is 2.26. The lowest BCUT2D eigenvalue weighted by atomic mass is 9.96. The van der Waals surface area contributed by atoms with E-state index in [1.807, 2.05) is 19.1 Å². The molecular weight excluding hydrogens is 258 g/mol. The molecule has 78 valence electrons. The monoisotopic (exact) mass is 267 g/mol. The van der Waals surface area contributed by atoms with Crippen molar-refractivity contribution in [3.05, 3.63) is 34.4 Å². The first-order valence-electron chi connectivity index (χ1n) is 4.49. The van der Waals surface area contributed by atoms with Crippen molar-refractivity contribution >= 4 is 21.9 Å². The largest absolute Gasteiger partial charge is 0.478 e. The molecule has 0 atom stereocenters. The molecule has 0 aliphatic heterocycles. The normalized spacial score (nSPS) is 9.67. The standard InChI is InChI=1S/C11H10BrNO2/c1-2-7-3-4-8(6-13)10(11(14)15)9(7)5-12/h3-4H,2,5H2,1H3,(H,14,15). The molecule has 1 rings (SSSR count). The van der Waals surface area contributed by atoms with Crippen molar-refractivity contribution in [1.82, 2.24) is 0 Å². The zero-order valence-corrected chi connectivity index (χ0v) is 9.84. The Morgan fingerprint density at radius 3 is 2.67 bits per heavy atom. The zero-order valence-electron chi connectivity index (χ0n) is 8.25. The molecule has 1 N–H and O–H groups in total. The molecule has 0 aliphatic rings. The Morgan fingerprint density at radius 2 is 2.27 bits per heavy atom. The Morgan fingerprint density at radius 1 is 1.60 bits per heavy atom. The first-order valence-corrected chi connectivity index (χ1v) is 5.61. The van der Waals surface area contributed by atoms with Crippen LogP contribution in [0.15, 0.2) is 12.1 Å². The van der Waals surface area contributed by atoms with Crippen LogP contribution >= 0.6 is 15.9 Å². The molecule has 1 aromatic rings. The van der Waals surface area contributed by atoms with Gasteiger partial charge >= 0.3 is 5.97 Å². The van der Waals surface area contributed by atoms with Crippen molar-refractivity contribution in [2.75, 3.05) is 0 Å². The van der Waals surface area contributed by atoms with Crippen molar-refractivity contribution in [1.29, 1.82) is 5.26 Å². The summed E-state index contributed by atoms with van der Waals surface area (Å²) in [7, 11) is 0. The molecule has 0 spiro atoms. The van der Waals surface area contributed by atoms with E-state index in [0.717, 1.165) is 12.0 Å². The van der Waals surface area contributed by atoms with Crippen molar-refractivity contribution in [3.8, 4) is 6.07 Å². The number of alkyl halides is 1. The first-order chi connectivity index (χ1) is 7.15. The Kier molecular flexibility index (Phi) is 3.87. The summed E-state index contributed by atoms with van der Waals surface area (Å²) in [5, 5.41) is 18.3. The predicted octanol–water partition coefficient (Wildman–Crippen LogP) is 2.71. The molecule has 0 aromatic heterocycles. The number of carboxylic acids is 1. The van der Waals surface area contributed by atoms with Gasteiger partial charge in [0.25, 0.3) is 0 Å². The summed E-state index contributed by atoms with van der Waals surface area (Å²) in [5.41, 5.74) is 2.00. The zero-order chi connectivity index (χ0) is 11.4. The molecule has 0 radical (unpaired) electrons. The Bertz CT molecular complexity index is 435. The smallest absolute Gasteiger partial charge is 0.337 e. The van der Waals surface area contributed by atoms with Gasteiger partial charge in [-0.15, -0.1) is 0 Å². The van der Waals surface area contributed by atoms with Gasteiger partial charge in [-0.1, -0.05) is 28.9 Å². The van der Waals surface area contributed by atoms with E-state index in [1.165, 1.54) is 0 Å². The Balaban J connectivity index is 3.53. The molecule has 0 saturated carbocycles. The molecule has 15 heavy (non-hydrogen) atoms. The maximum Gasteiger partial charge on any atom is 0.337 e. The fraction of sp³-hybridized carbons (Fsp3) is 0.273. The van der Waals surface area contributed by atoms with Crippen LogP contribution in [0.2, 0.25) is 0 Å². The van der Waals surface area contributed by atoms with Gasteiger partial charge in [0.2, 0.25) is 0 Å². The number of nitrogens with zero attached hydrogens (tertiary/aromatic N) is 1. The Labute approximate surface area is 96.5 Å². The lowest BCUT2D eigenvalue weighted by molar-refractivity contribution is 0.0695. The molecule has 0 unspecified atom stereocenters. The molecule has 3 nitrogen and oxygen atoms in total. The van der Waals surface area contributed by atoms with E-state index < -0.39 is 5.97 Å². The maximum absolute atomic E-state index is 11.1. The highest BCUT2D eigenvalue weighted by Crippen LogP contribution is 2.22. The van der Waals surface area contributed by atoms with Gasteiger partial charge in [0.15, 0.2) is 0 Å². The third-order valence-corrected chi connectivity index (χ3v) is 2.82. The number of carboxylic acid groups (broad SMARTS) is 1. The molecule has 0 heterocycles. The fourth-order valence-corrected chi connectivity index (χ4v) is 2.15. The highest BCUT2D eigenvalue weighted by molar-refractivity contribution is 9.08. The summed E-state index contributed by atoms with van der Waals surface area (Å²) >= 11 is 3.26. The van der Waals surface area contributed by atoms with Crippen LogP contribution in [0.25, 0.3) is 0 Å². The number of aromatic carboxylic acids is 1. The minimum Gasteiger partial charge on any atom is -0.478 e. The molecular formula is C11H10BrNO2. The average molecular weight is 268 g/mol. The topological polar surface area (TPSA) is 61.1 Å². The lowest BCUT2D eigenvalue weighted by Gasteiger charge is -2.09. The second-order valence-corrected chi connectivity index (χ2v) is 3.59. The number of nitriles is 1. The van der Waals surface area contributed by atoms with E-state index in [0.29, 0.717) is 10.9 Å². The minimum atomic E-state index is -1.05. The van der Waals surface area contributed by atoms with E-state index in [4.69, 9.17) is 10.4 Å². The predicted molar refractivity (Wildman–Crippen MR) is 60.1 cm³/mol. The fourth-order valence-electron chi connectivity index (χ4n) is 1.51. The molecule has 0 saturated heterocycles. The summed E-state index contributed by atoms with van der Waals surface area (Å²) in [4.78, 5) is 11.1. The first kappa shape index (κ1) is 11.7. The third kappa shape index (κ3) is 2.18. The number of hydrogen-bond acceptors (Lipinski definition) is 2. The van der Waals surface area contributed by atoms with Crippen LogP contribution in [0.3, 0.4) is 0 Å². The highest BCUT2D eigenvalue weighted by Gasteiger charge is 2.17. The molecule has 0 amide bonds. The van der Waals surface area contributed by atoms with Crippen molar-refractivity contribution in [2.24, 2.45) is 0 Å². The summed E-state index contributed by atoms with van der Waals surface area (Å²) in [6.45, 7) is 1.96. The van der Waals surface area contributed by atoms with Crippen LogP contribution in [0, 0.1) is 11.3 Å². The van der Waals surface area contributed by atoms with Gasteiger partial charge < -0.3 is 5.11 Å². The molecule has 0 fully saturated rings. The van der Waals surface area contributed by atoms with Crippen molar-refractivity contribution < 1.29 is 9.90 Å². The lowest BCUT2D eigenvalue weighted by Crippen LogP contribution is -2.07. The summed E-state index contributed by atoms with van der Waals surface area (Å²) in [6, 6.07) is 5.27. The van der Waals surface area contributed by atoms with Gasteiger partial charge in [0, 0.05) is 5.33 Å². The molecule has 4 heteroatoms. The maximum atomic E-state index is 11.1. The average Bonchev–Trinajstić information content (AvgIpc) is 2.26. The minimum absolute atomic E-state index is 0.119. The number of carbonyl (C=O) groups is 1. The van der Waals surface area contributed by atoms with Crippen LogP contribution in [-0.4, -0.2) is 11.1 Å². The van der Waals surface area contributed by atoms with Crippen molar-refractivity contribution in [2.45, 2.75) is 18.7 Å². The second-order valence-electron chi connectivity index (χ2n) is 3.03. The van der Waals surface area contributed by atoms with E-state index in [1.54, 1.807) is 6.07 Å². The molecule has 0 aliphatic carbocycles. The van der Waals surface area contributed by atoms with E-state index in [9.17, 15) is 4.79 Å². The molecule has 0 bridgehead atoms. The quantitative estimate of drug-likeness (QED) is 0.857. The van der Waals surface area contributed by atoms with Crippen LogP contribution < -0.4 is 0 Å². The van der Waals surface area contributed by atoms with Crippen LogP contribution in [-0.2, 0) is 11.8 Å². The summed E-state index contributed by atoms with van der Waals surface area (Å²) in [5.74, 6) is -1.05. The van der Waals surface area contributed by atoms with E-state index in [2.05, 4.69) is 15.9 Å². The van der Waals surface area contributed by atoms with Gasteiger partial charge in [-0.05, 0) is 23.6 Å². The van der Waals surface area contributed by atoms with Crippen LogP contribution in [0.4, 0.5) is 0 Å². The number of aryl methyl sites for hydroxylation is 1. The van der Waals surface area contributed by atoms with Crippen LogP contribution in [0.5, 0.6) is 0 Å². The van der Waals surface area contributed by atoms with Gasteiger partial charge in [0.05, 0.1) is 11.1 Å². The van der Waals surface area contributed by atoms with Gasteiger partial charge in [-0.2, -0.15) is 5.26 Å². The van der Waals surface area contributed by atoms with Gasteiger partial charge in [-0.3, -0.25) is 0 Å². The summed E-state index contributed by atoms with van der Waals surface area (Å²) in [6.07, 6.45) is 0.757. The number of halogens is 1. The highest BCUT2D eigenvalue weighted by atomic mass is 79.9. The Hall–Kier alpha value is -1.34. The number of rotatable bonds is 3. The van der Waals surface area contributed by atoms with Crippen LogP contribution in [0.1, 0.15) is 34.0 Å².